The molecule has 6 nitrogen and oxygen atoms in total. The minimum atomic E-state index is -0.215. The number of para-hydroxylation sites is 1. The van der Waals surface area contributed by atoms with Crippen molar-refractivity contribution in [2.24, 2.45) is 0 Å². The van der Waals surface area contributed by atoms with Crippen LogP contribution < -0.4 is 5.43 Å². The van der Waals surface area contributed by atoms with Crippen LogP contribution in [0.3, 0.4) is 0 Å². The number of thiazole rings is 1. The van der Waals surface area contributed by atoms with Gasteiger partial charge < -0.3 is 9.32 Å². The molecule has 0 radical (unpaired) electrons. The molecule has 0 unspecified atom stereocenters. The summed E-state index contributed by atoms with van der Waals surface area (Å²) in [4.78, 5) is 33.9. The van der Waals surface area contributed by atoms with Crippen LogP contribution >= 0.6 is 11.3 Å². The van der Waals surface area contributed by atoms with E-state index >= 15 is 0 Å². The number of nitrogens with zero attached hydrogens (tertiary/aromatic N) is 3. The van der Waals surface area contributed by atoms with Gasteiger partial charge in [-0.25, -0.2) is 4.98 Å². The number of hydrogen-bond acceptors (Lipinski definition) is 6. The quantitative estimate of drug-likeness (QED) is 0.679. The smallest absolute Gasteiger partial charge is 0.289 e. The average Bonchev–Trinajstić information content (AvgIpc) is 3.47. The van der Waals surface area contributed by atoms with Crippen LogP contribution in [0.1, 0.15) is 40.0 Å². The zero-order chi connectivity index (χ0) is 19.1. The van der Waals surface area contributed by atoms with Crippen LogP contribution in [-0.4, -0.2) is 46.9 Å². The number of carbonyl (C=O) groups excluding carboxylic acids is 1. The van der Waals surface area contributed by atoms with Gasteiger partial charge in [-0.05, 0) is 25.0 Å². The molecule has 7 heteroatoms. The number of piperazine rings is 1. The van der Waals surface area contributed by atoms with Crippen LogP contribution in [0.4, 0.5) is 0 Å². The summed E-state index contributed by atoms with van der Waals surface area (Å²) in [6.07, 6.45) is 2.55. The first-order valence-electron chi connectivity index (χ1n) is 9.66. The van der Waals surface area contributed by atoms with Crippen molar-refractivity contribution in [3.63, 3.8) is 0 Å². The normalized spacial score (nSPS) is 17.9. The Kier molecular flexibility index (Phi) is 4.49. The lowest BCUT2D eigenvalue weighted by molar-refractivity contribution is 0.0598. The van der Waals surface area contributed by atoms with Crippen molar-refractivity contribution in [1.82, 2.24) is 14.8 Å². The lowest BCUT2D eigenvalue weighted by Gasteiger charge is -2.33. The van der Waals surface area contributed by atoms with Gasteiger partial charge in [0.1, 0.15) is 10.6 Å². The van der Waals surface area contributed by atoms with E-state index < -0.39 is 0 Å². The molecule has 0 bridgehead atoms. The first-order chi connectivity index (χ1) is 13.7. The Labute approximate surface area is 166 Å². The standard InChI is InChI=1S/C21H21N3O3S/c25-17-11-19(27-18-4-2-1-3-15(17)18)21(26)24-9-7-23(8-10-24)12-20-22-16(13-28-20)14-5-6-14/h1-4,11,13-14H,5-10,12H2. The summed E-state index contributed by atoms with van der Waals surface area (Å²) in [7, 11) is 0. The number of hydrogen-bond donors (Lipinski definition) is 0. The first-order valence-corrected chi connectivity index (χ1v) is 10.5. The Morgan fingerprint density at radius 3 is 2.75 bits per heavy atom. The highest BCUT2D eigenvalue weighted by atomic mass is 32.1. The maximum Gasteiger partial charge on any atom is 0.289 e. The summed E-state index contributed by atoms with van der Waals surface area (Å²) in [6, 6.07) is 8.32. The molecule has 3 aromatic rings. The van der Waals surface area contributed by atoms with Crippen LogP contribution in [0.15, 0.2) is 44.9 Å². The van der Waals surface area contributed by atoms with E-state index in [-0.39, 0.29) is 17.1 Å². The van der Waals surface area contributed by atoms with Gasteiger partial charge >= 0.3 is 0 Å². The summed E-state index contributed by atoms with van der Waals surface area (Å²) in [6.45, 7) is 3.67. The minimum absolute atomic E-state index is 0.117. The Morgan fingerprint density at radius 1 is 1.18 bits per heavy atom. The third kappa shape index (κ3) is 3.47. The molecule has 0 N–H and O–H groups in total. The highest BCUT2D eigenvalue weighted by Gasteiger charge is 2.27. The fraction of sp³-hybridized carbons (Fsp3) is 0.381. The van der Waals surface area contributed by atoms with Gasteiger partial charge in [0, 0.05) is 43.5 Å². The second kappa shape index (κ2) is 7.14. The van der Waals surface area contributed by atoms with Crippen molar-refractivity contribution < 1.29 is 9.21 Å². The predicted octanol–water partition coefficient (Wildman–Crippen LogP) is 3.08. The molecule has 144 valence electrons. The van der Waals surface area contributed by atoms with E-state index in [9.17, 15) is 9.59 Å². The predicted molar refractivity (Wildman–Crippen MR) is 108 cm³/mol. The lowest BCUT2D eigenvalue weighted by atomic mass is 10.2. The number of benzene rings is 1. The van der Waals surface area contributed by atoms with Crippen LogP contribution in [0.2, 0.25) is 0 Å². The molecule has 1 aliphatic carbocycles. The fourth-order valence-electron chi connectivity index (χ4n) is 3.63. The molecule has 1 saturated heterocycles. The minimum Gasteiger partial charge on any atom is -0.451 e. The lowest BCUT2D eigenvalue weighted by Crippen LogP contribution is -2.48. The second-order valence-electron chi connectivity index (χ2n) is 7.48. The maximum atomic E-state index is 12.8. The largest absolute Gasteiger partial charge is 0.451 e. The third-order valence-electron chi connectivity index (χ3n) is 5.43. The molecule has 1 amide bonds. The number of carbonyl (C=O) groups is 1. The fourth-order valence-corrected chi connectivity index (χ4v) is 4.55. The van der Waals surface area contributed by atoms with Crippen molar-refractivity contribution in [2.75, 3.05) is 26.2 Å². The molecular weight excluding hydrogens is 374 g/mol. The van der Waals surface area contributed by atoms with Gasteiger partial charge in [0.25, 0.3) is 5.91 Å². The van der Waals surface area contributed by atoms with E-state index in [2.05, 4.69) is 10.3 Å². The first kappa shape index (κ1) is 17.6. The molecule has 1 saturated carbocycles. The summed E-state index contributed by atoms with van der Waals surface area (Å²) < 4.78 is 5.70. The van der Waals surface area contributed by atoms with E-state index in [1.807, 2.05) is 0 Å². The Bertz CT molecular complexity index is 1080. The zero-order valence-corrected chi connectivity index (χ0v) is 16.3. The van der Waals surface area contributed by atoms with Gasteiger partial charge in [-0.2, -0.15) is 0 Å². The number of fused-ring (bicyclic) bond motifs is 1. The van der Waals surface area contributed by atoms with Crippen LogP contribution in [0.5, 0.6) is 0 Å². The molecular formula is C21H21N3O3S. The summed E-state index contributed by atoms with van der Waals surface area (Å²) in [5, 5.41) is 3.84. The van der Waals surface area contributed by atoms with Gasteiger partial charge in [0.05, 0.1) is 17.6 Å². The van der Waals surface area contributed by atoms with E-state index in [4.69, 9.17) is 9.40 Å². The van der Waals surface area contributed by atoms with Crippen molar-refractivity contribution in [1.29, 1.82) is 0 Å². The molecule has 2 fully saturated rings. The number of rotatable bonds is 4. The Hall–Kier alpha value is -2.51. The molecule has 0 spiro atoms. The van der Waals surface area contributed by atoms with Crippen LogP contribution in [-0.2, 0) is 6.54 Å². The van der Waals surface area contributed by atoms with Gasteiger partial charge in [0.2, 0.25) is 0 Å². The van der Waals surface area contributed by atoms with Crippen LogP contribution in [0, 0.1) is 0 Å². The highest BCUT2D eigenvalue weighted by molar-refractivity contribution is 7.09. The Balaban J connectivity index is 1.23. The van der Waals surface area contributed by atoms with Crippen LogP contribution in [0.25, 0.3) is 11.0 Å². The van der Waals surface area contributed by atoms with E-state index in [1.54, 1.807) is 40.5 Å². The van der Waals surface area contributed by atoms with E-state index in [0.717, 1.165) is 24.6 Å². The van der Waals surface area contributed by atoms with Gasteiger partial charge in [-0.15, -0.1) is 11.3 Å². The summed E-state index contributed by atoms with van der Waals surface area (Å²) >= 11 is 1.74. The monoisotopic (exact) mass is 395 g/mol. The number of amides is 1. The van der Waals surface area contributed by atoms with Gasteiger partial charge in [0.15, 0.2) is 11.2 Å². The molecule has 5 rings (SSSR count). The van der Waals surface area contributed by atoms with E-state index in [1.165, 1.54) is 24.6 Å². The van der Waals surface area contributed by atoms with E-state index in [0.29, 0.717) is 30.0 Å². The van der Waals surface area contributed by atoms with Gasteiger partial charge in [-0.1, -0.05) is 12.1 Å². The molecule has 1 aromatic carbocycles. The highest BCUT2D eigenvalue weighted by Crippen LogP contribution is 2.40. The second-order valence-corrected chi connectivity index (χ2v) is 8.42. The molecule has 0 atom stereocenters. The number of aromatic nitrogens is 1. The Morgan fingerprint density at radius 2 is 1.96 bits per heavy atom. The molecule has 3 heterocycles. The van der Waals surface area contributed by atoms with Crippen molar-refractivity contribution >= 4 is 28.2 Å². The average molecular weight is 395 g/mol. The SMILES string of the molecule is O=C(c1cc(=O)c2ccccc2o1)N1CCN(Cc2nc(C3CC3)cs2)CC1. The maximum absolute atomic E-state index is 12.8. The third-order valence-corrected chi connectivity index (χ3v) is 6.28. The van der Waals surface area contributed by atoms with Crippen molar-refractivity contribution in [3.8, 4) is 0 Å². The zero-order valence-electron chi connectivity index (χ0n) is 15.5. The summed E-state index contributed by atoms with van der Waals surface area (Å²) in [5.74, 6) is 0.593. The summed E-state index contributed by atoms with van der Waals surface area (Å²) in [5.41, 5.74) is 1.52. The molecule has 28 heavy (non-hydrogen) atoms. The van der Waals surface area contributed by atoms with Crippen molar-refractivity contribution in [3.05, 3.63) is 62.4 Å². The molecule has 2 aliphatic rings. The van der Waals surface area contributed by atoms with Crippen molar-refractivity contribution in [2.45, 2.75) is 25.3 Å². The molecule has 2 aromatic heterocycles. The molecule has 1 aliphatic heterocycles. The topological polar surface area (TPSA) is 66.7 Å². The van der Waals surface area contributed by atoms with Gasteiger partial charge in [-0.3, -0.25) is 14.5 Å².